The van der Waals surface area contributed by atoms with Crippen LogP contribution >= 0.6 is 0 Å². The van der Waals surface area contributed by atoms with Gasteiger partial charge in [0.05, 0.1) is 7.11 Å². The highest BCUT2D eigenvalue weighted by Gasteiger charge is 2.33. The lowest BCUT2D eigenvalue weighted by molar-refractivity contribution is -0.276. The molecule has 5 nitrogen and oxygen atoms in total. The van der Waals surface area contributed by atoms with Gasteiger partial charge in [-0.05, 0) is 0 Å². The number of aromatic nitrogens is 1. The molecule has 0 atom stereocenters. The molecule has 0 bridgehead atoms. The van der Waals surface area contributed by atoms with E-state index in [1.807, 2.05) is 0 Å². The highest BCUT2D eigenvalue weighted by atomic mass is 19.4. The van der Waals surface area contributed by atoms with Gasteiger partial charge >= 0.3 is 12.3 Å². The number of ether oxygens (including phenoxy) is 2. The van der Waals surface area contributed by atoms with E-state index in [4.69, 9.17) is 0 Å². The molecule has 0 saturated heterocycles. The van der Waals surface area contributed by atoms with Gasteiger partial charge in [0, 0.05) is 11.6 Å². The van der Waals surface area contributed by atoms with Crippen LogP contribution in [0.3, 0.4) is 0 Å². The van der Waals surface area contributed by atoms with Crippen molar-refractivity contribution >= 4 is 5.97 Å². The third-order valence-electron chi connectivity index (χ3n) is 1.89. The Hall–Kier alpha value is -2.13. The number of methoxy groups -OCH3 is 1. The van der Waals surface area contributed by atoms with Crippen molar-refractivity contribution in [3.05, 3.63) is 27.5 Å². The van der Waals surface area contributed by atoms with E-state index in [-0.39, 0.29) is 6.07 Å². The van der Waals surface area contributed by atoms with E-state index >= 15 is 0 Å². The zero-order chi connectivity index (χ0) is 14.8. The van der Waals surface area contributed by atoms with Crippen molar-refractivity contribution in [2.75, 3.05) is 7.11 Å². The van der Waals surface area contributed by atoms with Gasteiger partial charge in [-0.1, -0.05) is 0 Å². The van der Waals surface area contributed by atoms with Crippen LogP contribution in [0.15, 0.2) is 10.9 Å². The molecule has 19 heavy (non-hydrogen) atoms. The van der Waals surface area contributed by atoms with Gasteiger partial charge in [0.15, 0.2) is 0 Å². The first-order chi connectivity index (χ1) is 8.65. The summed E-state index contributed by atoms with van der Waals surface area (Å²) < 4.78 is 68.4. The lowest BCUT2D eigenvalue weighted by atomic mass is 10.1. The standard InChI is InChI=1S/C9H6F5NO4/c1-18-8(17)5-3(6(10)11)2-4(15-7(5)16)19-9(12,13)14/h2,6H,1H3,(H,15,16). The van der Waals surface area contributed by atoms with Gasteiger partial charge in [0.25, 0.3) is 12.0 Å². The maximum Gasteiger partial charge on any atom is 0.574 e. The number of esters is 1. The van der Waals surface area contributed by atoms with E-state index in [9.17, 15) is 31.5 Å². The van der Waals surface area contributed by atoms with Crippen molar-refractivity contribution in [1.82, 2.24) is 4.98 Å². The molecule has 106 valence electrons. The molecule has 1 N–H and O–H groups in total. The molecule has 0 aliphatic rings. The molecule has 10 heteroatoms. The summed E-state index contributed by atoms with van der Waals surface area (Å²) in [6.07, 6.45) is -8.53. The quantitative estimate of drug-likeness (QED) is 0.682. The number of H-pyrrole nitrogens is 1. The van der Waals surface area contributed by atoms with Gasteiger partial charge < -0.3 is 9.47 Å². The maximum atomic E-state index is 12.6. The lowest BCUT2D eigenvalue weighted by Gasteiger charge is -2.11. The summed E-state index contributed by atoms with van der Waals surface area (Å²) in [6, 6.07) is 0.214. The molecule has 1 rings (SSSR count). The van der Waals surface area contributed by atoms with E-state index in [2.05, 4.69) is 9.47 Å². The largest absolute Gasteiger partial charge is 0.574 e. The van der Waals surface area contributed by atoms with Crippen LogP contribution in [0.25, 0.3) is 0 Å². The summed E-state index contributed by atoms with van der Waals surface area (Å²) in [5.41, 5.74) is -3.76. The van der Waals surface area contributed by atoms with Gasteiger partial charge in [-0.25, -0.2) is 13.6 Å². The molecule has 0 radical (unpaired) electrons. The molecule has 0 aliphatic heterocycles. The molecular weight excluding hydrogens is 281 g/mol. The maximum absolute atomic E-state index is 12.6. The molecule has 0 aromatic carbocycles. The Kier molecular flexibility index (Phi) is 4.12. The van der Waals surface area contributed by atoms with Crippen LogP contribution in [0.1, 0.15) is 22.3 Å². The van der Waals surface area contributed by atoms with Crippen LogP contribution in [-0.4, -0.2) is 24.4 Å². The van der Waals surface area contributed by atoms with E-state index in [1.165, 1.54) is 4.98 Å². The van der Waals surface area contributed by atoms with Crippen LogP contribution in [0.4, 0.5) is 22.0 Å². The number of carbonyl (C=O) groups excluding carboxylic acids is 1. The van der Waals surface area contributed by atoms with E-state index < -0.39 is 41.3 Å². The van der Waals surface area contributed by atoms with Crippen LogP contribution in [0, 0.1) is 0 Å². The van der Waals surface area contributed by atoms with E-state index in [1.54, 1.807) is 0 Å². The number of hydrogen-bond acceptors (Lipinski definition) is 4. The average molecular weight is 287 g/mol. The number of halogens is 5. The van der Waals surface area contributed by atoms with Gasteiger partial charge in [0.1, 0.15) is 5.56 Å². The second kappa shape index (κ2) is 5.24. The fourth-order valence-corrected chi connectivity index (χ4v) is 1.22. The molecule has 0 aliphatic carbocycles. The summed E-state index contributed by atoms with van der Waals surface area (Å²) in [5, 5.41) is 0. The van der Waals surface area contributed by atoms with Gasteiger partial charge in [-0.3, -0.25) is 9.78 Å². The van der Waals surface area contributed by atoms with Crippen molar-refractivity contribution in [2.45, 2.75) is 12.8 Å². The molecule has 0 saturated carbocycles. The number of aromatic amines is 1. The zero-order valence-corrected chi connectivity index (χ0v) is 9.18. The topological polar surface area (TPSA) is 68.4 Å². The molecule has 1 aromatic rings. The van der Waals surface area contributed by atoms with Crippen LogP contribution in [0.2, 0.25) is 0 Å². The van der Waals surface area contributed by atoms with Crippen LogP contribution < -0.4 is 10.3 Å². The summed E-state index contributed by atoms with van der Waals surface area (Å²) in [6.45, 7) is 0. The number of nitrogens with one attached hydrogen (secondary N) is 1. The monoisotopic (exact) mass is 287 g/mol. The van der Waals surface area contributed by atoms with Crippen LogP contribution in [0.5, 0.6) is 5.88 Å². The molecule has 0 unspecified atom stereocenters. The van der Waals surface area contributed by atoms with Crippen LogP contribution in [-0.2, 0) is 4.74 Å². The Morgan fingerprint density at radius 2 is 1.95 bits per heavy atom. The Balaban J connectivity index is 3.38. The highest BCUT2D eigenvalue weighted by molar-refractivity contribution is 5.90. The first-order valence-electron chi connectivity index (χ1n) is 4.55. The second-order valence-electron chi connectivity index (χ2n) is 3.13. The number of rotatable bonds is 3. The zero-order valence-electron chi connectivity index (χ0n) is 9.18. The number of alkyl halides is 5. The third kappa shape index (κ3) is 3.66. The molecule has 0 amide bonds. The van der Waals surface area contributed by atoms with Crippen molar-refractivity contribution < 1.29 is 36.2 Å². The predicted molar refractivity (Wildman–Crippen MR) is 50.0 cm³/mol. The smallest absolute Gasteiger partial charge is 0.465 e. The fourth-order valence-electron chi connectivity index (χ4n) is 1.22. The van der Waals surface area contributed by atoms with Crippen molar-refractivity contribution in [3.8, 4) is 5.88 Å². The summed E-state index contributed by atoms with van der Waals surface area (Å²) >= 11 is 0. The van der Waals surface area contributed by atoms with Gasteiger partial charge in [0.2, 0.25) is 5.88 Å². The Bertz CT molecular complexity index is 536. The minimum absolute atomic E-state index is 0.214. The van der Waals surface area contributed by atoms with Gasteiger partial charge in [-0.15, -0.1) is 13.2 Å². The Morgan fingerprint density at radius 3 is 2.37 bits per heavy atom. The van der Waals surface area contributed by atoms with E-state index in [0.29, 0.717) is 0 Å². The summed E-state index contributed by atoms with van der Waals surface area (Å²) in [5.74, 6) is -2.64. The molecule has 1 aromatic heterocycles. The van der Waals surface area contributed by atoms with Crippen molar-refractivity contribution in [1.29, 1.82) is 0 Å². The normalized spacial score (nSPS) is 11.5. The molecule has 0 spiro atoms. The summed E-state index contributed by atoms with van der Waals surface area (Å²) in [4.78, 5) is 23.9. The molecule has 1 heterocycles. The average Bonchev–Trinajstić information content (AvgIpc) is 2.24. The molecule has 0 fully saturated rings. The number of hydrogen-bond donors (Lipinski definition) is 1. The summed E-state index contributed by atoms with van der Waals surface area (Å²) in [7, 11) is 0.831. The predicted octanol–water partition coefficient (Wildman–Crippen LogP) is 2.00. The third-order valence-corrected chi connectivity index (χ3v) is 1.89. The molecular formula is C9H6F5NO4. The lowest BCUT2D eigenvalue weighted by Crippen LogP contribution is -2.25. The SMILES string of the molecule is COC(=O)c1c(C(F)F)cc(OC(F)(F)F)[nH]c1=O. The second-order valence-corrected chi connectivity index (χ2v) is 3.13. The Morgan fingerprint density at radius 1 is 1.37 bits per heavy atom. The first kappa shape index (κ1) is 14.9. The van der Waals surface area contributed by atoms with Crippen molar-refractivity contribution in [3.63, 3.8) is 0 Å². The first-order valence-corrected chi connectivity index (χ1v) is 4.55. The number of carbonyl (C=O) groups is 1. The van der Waals surface area contributed by atoms with Gasteiger partial charge in [-0.2, -0.15) is 0 Å². The fraction of sp³-hybridized carbons (Fsp3) is 0.333. The van der Waals surface area contributed by atoms with Crippen molar-refractivity contribution in [2.24, 2.45) is 0 Å². The van der Waals surface area contributed by atoms with E-state index in [0.717, 1.165) is 7.11 Å². The Labute approximate surface area is 101 Å². The number of pyridine rings is 1. The minimum atomic E-state index is -5.17. The minimum Gasteiger partial charge on any atom is -0.465 e. The highest BCUT2D eigenvalue weighted by Crippen LogP contribution is 2.27.